The van der Waals surface area contributed by atoms with Crippen molar-refractivity contribution in [1.29, 1.82) is 5.26 Å². The van der Waals surface area contributed by atoms with E-state index in [4.69, 9.17) is 16.9 Å². The lowest BCUT2D eigenvalue weighted by Gasteiger charge is -2.11. The van der Waals surface area contributed by atoms with Crippen molar-refractivity contribution in [2.75, 3.05) is 11.6 Å². The van der Waals surface area contributed by atoms with Gasteiger partial charge in [0.2, 0.25) is 0 Å². The van der Waals surface area contributed by atoms with Gasteiger partial charge in [0.05, 0.1) is 10.6 Å². The van der Waals surface area contributed by atoms with Crippen LogP contribution in [0.3, 0.4) is 0 Å². The zero-order valence-corrected chi connectivity index (χ0v) is 14.4. The van der Waals surface area contributed by atoms with Gasteiger partial charge in [0.1, 0.15) is 5.40 Å². The largest absolute Gasteiger partial charge is 0.322 e. The van der Waals surface area contributed by atoms with Crippen LogP contribution >= 0.6 is 35.1 Å². The summed E-state index contributed by atoms with van der Waals surface area (Å²) < 4.78 is 0. The highest BCUT2D eigenvalue weighted by Crippen LogP contribution is 2.26. The average Bonchev–Trinajstić information content (AvgIpc) is 2.50. The van der Waals surface area contributed by atoms with Gasteiger partial charge in [-0.2, -0.15) is 5.26 Å². The smallest absolute Gasteiger partial charge is 0.257 e. The van der Waals surface area contributed by atoms with Gasteiger partial charge in [-0.3, -0.25) is 4.79 Å². The van der Waals surface area contributed by atoms with Gasteiger partial charge in [0.25, 0.3) is 5.91 Å². The molecule has 112 valence electrons. The molecule has 0 fully saturated rings. The minimum atomic E-state index is -0.246. The molecule has 0 saturated carbocycles. The zero-order valence-electron chi connectivity index (χ0n) is 12.0. The van der Waals surface area contributed by atoms with Crippen LogP contribution in [0.1, 0.15) is 15.9 Å². The van der Waals surface area contributed by atoms with Crippen LogP contribution in [-0.4, -0.2) is 12.2 Å². The molecule has 0 unspecified atom stereocenters. The summed E-state index contributed by atoms with van der Waals surface area (Å²) in [5, 5.41) is 14.0. The Morgan fingerprint density at radius 3 is 2.59 bits per heavy atom. The van der Waals surface area contributed by atoms with Gasteiger partial charge < -0.3 is 5.32 Å². The van der Waals surface area contributed by atoms with Gasteiger partial charge in [-0.05, 0) is 66.9 Å². The molecule has 3 nitrogen and oxygen atoms in total. The van der Waals surface area contributed by atoms with Crippen LogP contribution in [0, 0.1) is 17.6 Å². The molecular formula is C16H13ClN2OS2. The summed E-state index contributed by atoms with van der Waals surface area (Å²) in [6.45, 7) is 1.89. The Hall–Kier alpha value is -1.61. The van der Waals surface area contributed by atoms with E-state index in [-0.39, 0.29) is 5.91 Å². The van der Waals surface area contributed by atoms with Crippen molar-refractivity contribution in [1.82, 2.24) is 0 Å². The number of aryl methyl sites for hydroxylation is 1. The Kier molecular flexibility index (Phi) is 5.78. The highest BCUT2D eigenvalue weighted by Gasteiger charge is 2.13. The Bertz CT molecular complexity index is 756. The molecule has 0 aromatic heterocycles. The first-order valence-electron chi connectivity index (χ1n) is 6.36. The van der Waals surface area contributed by atoms with Crippen molar-refractivity contribution < 1.29 is 4.79 Å². The van der Waals surface area contributed by atoms with E-state index in [0.717, 1.165) is 27.1 Å². The fraction of sp³-hybridized carbons (Fsp3) is 0.125. The number of rotatable bonds is 4. The number of hydrogen-bond acceptors (Lipinski definition) is 4. The number of benzene rings is 2. The van der Waals surface area contributed by atoms with Crippen LogP contribution in [0.5, 0.6) is 0 Å². The number of thiocyanates is 1. The highest BCUT2D eigenvalue weighted by molar-refractivity contribution is 8.03. The molecule has 0 radical (unpaired) electrons. The van der Waals surface area contributed by atoms with E-state index in [1.165, 1.54) is 0 Å². The van der Waals surface area contributed by atoms with Crippen molar-refractivity contribution in [3.63, 3.8) is 0 Å². The van der Waals surface area contributed by atoms with Crippen molar-refractivity contribution in [3.8, 4) is 5.40 Å². The van der Waals surface area contributed by atoms with E-state index in [9.17, 15) is 4.79 Å². The number of nitrogens with zero attached hydrogens (tertiary/aromatic N) is 1. The topological polar surface area (TPSA) is 52.9 Å². The number of carbonyl (C=O) groups excluding carboxylic acids is 1. The molecule has 0 saturated heterocycles. The van der Waals surface area contributed by atoms with E-state index < -0.39 is 0 Å². The van der Waals surface area contributed by atoms with E-state index in [0.29, 0.717) is 16.3 Å². The second-order valence-electron chi connectivity index (χ2n) is 4.47. The number of thioether (sulfide) groups is 2. The predicted octanol–water partition coefficient (Wildman–Crippen LogP) is 5.20. The van der Waals surface area contributed by atoms with Crippen LogP contribution in [0.25, 0.3) is 0 Å². The lowest BCUT2D eigenvalue weighted by Crippen LogP contribution is -2.13. The molecule has 0 atom stereocenters. The SMILES string of the molecule is CSc1ccc(Cl)c(C(=O)Nc2ccc(SC#N)cc2C)c1. The van der Waals surface area contributed by atoms with E-state index in [1.807, 2.05) is 30.7 Å². The summed E-state index contributed by atoms with van der Waals surface area (Å²) in [7, 11) is 0. The molecular weight excluding hydrogens is 336 g/mol. The summed E-state index contributed by atoms with van der Waals surface area (Å²) in [6, 6.07) is 10.8. The number of anilines is 1. The second-order valence-corrected chi connectivity index (χ2v) is 6.61. The van der Waals surface area contributed by atoms with Crippen LogP contribution in [0.2, 0.25) is 5.02 Å². The van der Waals surface area contributed by atoms with Crippen molar-refractivity contribution in [2.45, 2.75) is 16.7 Å². The third-order valence-electron chi connectivity index (χ3n) is 3.03. The molecule has 1 N–H and O–H groups in total. The molecule has 0 aliphatic heterocycles. The Morgan fingerprint density at radius 2 is 1.95 bits per heavy atom. The predicted molar refractivity (Wildman–Crippen MR) is 93.8 cm³/mol. The van der Waals surface area contributed by atoms with Crippen LogP contribution in [0.4, 0.5) is 5.69 Å². The first-order chi connectivity index (χ1) is 10.5. The number of nitriles is 1. The number of amides is 1. The number of nitrogens with one attached hydrogen (secondary N) is 1. The van der Waals surface area contributed by atoms with Crippen molar-refractivity contribution in [3.05, 3.63) is 52.5 Å². The molecule has 2 rings (SSSR count). The molecule has 0 spiro atoms. The van der Waals surface area contributed by atoms with Gasteiger partial charge in [0.15, 0.2) is 0 Å². The molecule has 0 aliphatic rings. The minimum Gasteiger partial charge on any atom is -0.322 e. The van der Waals surface area contributed by atoms with Gasteiger partial charge in [-0.15, -0.1) is 11.8 Å². The maximum Gasteiger partial charge on any atom is 0.257 e. The summed E-state index contributed by atoms with van der Waals surface area (Å²) in [4.78, 5) is 14.2. The average molecular weight is 349 g/mol. The maximum atomic E-state index is 12.4. The maximum absolute atomic E-state index is 12.4. The normalized spacial score (nSPS) is 10.1. The van der Waals surface area contributed by atoms with Gasteiger partial charge >= 0.3 is 0 Å². The number of hydrogen-bond donors (Lipinski definition) is 1. The molecule has 0 aliphatic carbocycles. The van der Waals surface area contributed by atoms with Crippen LogP contribution in [-0.2, 0) is 0 Å². The van der Waals surface area contributed by atoms with Crippen LogP contribution in [0.15, 0.2) is 46.2 Å². The molecule has 22 heavy (non-hydrogen) atoms. The summed E-state index contributed by atoms with van der Waals surface area (Å²) in [5.41, 5.74) is 2.05. The van der Waals surface area contributed by atoms with Gasteiger partial charge in [-0.25, -0.2) is 0 Å². The van der Waals surface area contributed by atoms with Gasteiger partial charge in [-0.1, -0.05) is 11.6 Å². The number of halogens is 1. The first kappa shape index (κ1) is 16.8. The summed E-state index contributed by atoms with van der Waals surface area (Å²) >= 11 is 8.75. The monoisotopic (exact) mass is 348 g/mol. The van der Waals surface area contributed by atoms with Crippen LogP contribution < -0.4 is 5.32 Å². The third-order valence-corrected chi connectivity index (χ3v) is 4.66. The van der Waals surface area contributed by atoms with E-state index in [2.05, 4.69) is 5.32 Å². The van der Waals surface area contributed by atoms with Crippen molar-refractivity contribution in [2.24, 2.45) is 0 Å². The standard InChI is InChI=1S/C16H13ClN2OS2/c1-10-7-12(22-9-18)4-6-15(10)19-16(20)13-8-11(21-2)3-5-14(13)17/h3-8H,1-2H3,(H,19,20). The van der Waals surface area contributed by atoms with Crippen molar-refractivity contribution >= 4 is 46.7 Å². The summed E-state index contributed by atoms with van der Waals surface area (Å²) in [5.74, 6) is -0.246. The molecule has 2 aromatic rings. The molecule has 0 heterocycles. The van der Waals surface area contributed by atoms with Gasteiger partial charge in [0, 0.05) is 15.5 Å². The molecule has 6 heteroatoms. The summed E-state index contributed by atoms with van der Waals surface area (Å²) in [6.07, 6.45) is 1.95. The van der Waals surface area contributed by atoms with E-state index >= 15 is 0 Å². The highest BCUT2D eigenvalue weighted by atomic mass is 35.5. The zero-order chi connectivity index (χ0) is 16.1. The molecule has 1 amide bonds. The Labute approximate surface area is 143 Å². The van der Waals surface area contributed by atoms with E-state index in [1.54, 1.807) is 36.0 Å². The fourth-order valence-corrected chi connectivity index (χ4v) is 3.01. The lowest BCUT2D eigenvalue weighted by molar-refractivity contribution is 0.102. The first-order valence-corrected chi connectivity index (χ1v) is 8.78. The number of carbonyl (C=O) groups is 1. The fourth-order valence-electron chi connectivity index (χ4n) is 1.89. The quantitative estimate of drug-likeness (QED) is 0.609. The molecule has 0 bridgehead atoms. The third kappa shape index (κ3) is 3.98. The Balaban J connectivity index is 2.24. The Morgan fingerprint density at radius 1 is 1.23 bits per heavy atom. The second kappa shape index (κ2) is 7.59. The molecule has 2 aromatic carbocycles. The lowest BCUT2D eigenvalue weighted by atomic mass is 10.1. The minimum absolute atomic E-state index is 0.246.